The Kier molecular flexibility index (Phi) is 9.04. The fourth-order valence-electron chi connectivity index (χ4n) is 4.99. The summed E-state index contributed by atoms with van der Waals surface area (Å²) in [6, 6.07) is 17.4. The maximum Gasteiger partial charge on any atom is 0.301 e. The largest absolute Gasteiger partial charge is 0.507 e. The van der Waals surface area contributed by atoms with Crippen LogP contribution in [0.5, 0.6) is 17.2 Å². The van der Waals surface area contributed by atoms with E-state index in [1.165, 1.54) is 22.7 Å². The van der Waals surface area contributed by atoms with E-state index in [2.05, 4.69) is 24.0 Å². The van der Waals surface area contributed by atoms with Gasteiger partial charge in [-0.15, -0.1) is 10.2 Å². The van der Waals surface area contributed by atoms with Crippen LogP contribution >= 0.6 is 23.1 Å². The Morgan fingerprint density at radius 1 is 1.07 bits per heavy atom. The molecule has 2 aliphatic rings. The van der Waals surface area contributed by atoms with Crippen LogP contribution in [0.15, 0.2) is 76.6 Å². The lowest BCUT2D eigenvalue weighted by atomic mass is 9.95. The Morgan fingerprint density at radius 2 is 1.87 bits per heavy atom. The molecular formula is C33H30FN3O6S2. The topological polar surface area (TPSA) is 111 Å². The number of rotatable bonds is 10. The van der Waals surface area contributed by atoms with Crippen molar-refractivity contribution in [3.05, 3.63) is 94.8 Å². The minimum atomic E-state index is -1.02. The zero-order valence-corrected chi connectivity index (χ0v) is 26.2. The van der Waals surface area contributed by atoms with E-state index < -0.39 is 17.7 Å². The number of benzene rings is 3. The van der Waals surface area contributed by atoms with Crippen LogP contribution < -0.4 is 19.1 Å². The molecule has 9 nitrogen and oxygen atoms in total. The van der Waals surface area contributed by atoms with Crippen LogP contribution in [0, 0.1) is 11.7 Å². The summed E-state index contributed by atoms with van der Waals surface area (Å²) in [5, 5.41) is 20.2. The predicted molar refractivity (Wildman–Crippen MR) is 169 cm³/mol. The van der Waals surface area contributed by atoms with Crippen LogP contribution in [0.2, 0.25) is 0 Å². The predicted octanol–water partition coefficient (Wildman–Crippen LogP) is 6.79. The fourth-order valence-corrected chi connectivity index (χ4v) is 6.85. The summed E-state index contributed by atoms with van der Waals surface area (Å²) >= 11 is 2.38. The summed E-state index contributed by atoms with van der Waals surface area (Å²) in [6.07, 6.45) is 0.852. The Hall–Kier alpha value is -4.42. The van der Waals surface area contributed by atoms with Crippen molar-refractivity contribution in [3.63, 3.8) is 0 Å². The monoisotopic (exact) mass is 647 g/mol. The molecule has 1 N–H and O–H groups in total. The first-order valence-corrected chi connectivity index (χ1v) is 16.2. The number of hydrogen-bond acceptors (Lipinski definition) is 10. The Balaban J connectivity index is 1.38. The molecule has 6 rings (SSSR count). The molecular weight excluding hydrogens is 618 g/mol. The van der Waals surface area contributed by atoms with Gasteiger partial charge in [-0.1, -0.05) is 67.3 Å². The second kappa shape index (κ2) is 13.3. The molecule has 4 aromatic rings. The van der Waals surface area contributed by atoms with Crippen molar-refractivity contribution in [2.45, 2.75) is 36.4 Å². The molecule has 0 bridgehead atoms. The average Bonchev–Trinajstić information content (AvgIpc) is 3.61. The van der Waals surface area contributed by atoms with Gasteiger partial charge in [-0.2, -0.15) is 0 Å². The second-order valence-electron chi connectivity index (χ2n) is 10.9. The number of carbonyl (C=O) groups is 2. The van der Waals surface area contributed by atoms with E-state index in [1.807, 2.05) is 0 Å². The number of fused-ring (bicyclic) bond motifs is 1. The molecule has 1 amide bonds. The van der Waals surface area contributed by atoms with Crippen LogP contribution in [0.1, 0.15) is 43.0 Å². The molecule has 45 heavy (non-hydrogen) atoms. The van der Waals surface area contributed by atoms with Gasteiger partial charge >= 0.3 is 5.91 Å². The van der Waals surface area contributed by atoms with Gasteiger partial charge < -0.3 is 19.3 Å². The number of anilines is 1. The molecule has 1 atom stereocenters. The summed E-state index contributed by atoms with van der Waals surface area (Å²) in [4.78, 5) is 28.6. The molecule has 1 fully saturated rings. The normalized spacial score (nSPS) is 17.2. The third kappa shape index (κ3) is 6.52. The number of aromatic nitrogens is 2. The number of thioether (sulfide) groups is 1. The first kappa shape index (κ1) is 30.6. The SMILES string of the molecule is CC(C)CCOc1cccc([C@@H]2C(=C(O)c3ccc4c(c3)OCCO4)C(=O)C(=O)N2c2nnc(SCc3ccccc3F)s2)c1. The highest BCUT2D eigenvalue weighted by Crippen LogP contribution is 2.45. The summed E-state index contributed by atoms with van der Waals surface area (Å²) in [5.41, 5.74) is 1.25. The highest BCUT2D eigenvalue weighted by atomic mass is 32.2. The number of carbonyl (C=O) groups excluding carboxylic acids is 2. The molecule has 0 aliphatic carbocycles. The average molecular weight is 648 g/mol. The summed E-state index contributed by atoms with van der Waals surface area (Å²) < 4.78 is 31.9. The number of ketones is 1. The van der Waals surface area contributed by atoms with Gasteiger partial charge in [0.2, 0.25) is 5.13 Å². The summed E-state index contributed by atoms with van der Waals surface area (Å²) in [5.74, 6) is -0.124. The molecule has 232 valence electrons. The molecule has 12 heteroatoms. The lowest BCUT2D eigenvalue weighted by Crippen LogP contribution is -2.29. The molecule has 3 heterocycles. The van der Waals surface area contributed by atoms with Gasteiger partial charge in [0, 0.05) is 11.3 Å². The van der Waals surface area contributed by atoms with Crippen molar-refractivity contribution in [3.8, 4) is 17.2 Å². The smallest absolute Gasteiger partial charge is 0.301 e. The van der Waals surface area contributed by atoms with Gasteiger partial charge in [0.1, 0.15) is 30.5 Å². The van der Waals surface area contributed by atoms with Crippen molar-refractivity contribution >= 4 is 45.7 Å². The van der Waals surface area contributed by atoms with Crippen LogP contribution in [-0.2, 0) is 15.3 Å². The van der Waals surface area contributed by atoms with E-state index in [4.69, 9.17) is 14.2 Å². The van der Waals surface area contributed by atoms with Crippen molar-refractivity contribution in [2.24, 2.45) is 5.92 Å². The van der Waals surface area contributed by atoms with E-state index in [1.54, 1.807) is 60.7 Å². The third-order valence-electron chi connectivity index (χ3n) is 7.31. The number of halogens is 1. The van der Waals surface area contributed by atoms with Gasteiger partial charge in [0.15, 0.2) is 15.8 Å². The molecule has 3 aromatic carbocycles. The Bertz CT molecular complexity index is 1770. The maximum absolute atomic E-state index is 14.2. The van der Waals surface area contributed by atoms with Crippen LogP contribution in [0.3, 0.4) is 0 Å². The van der Waals surface area contributed by atoms with Crippen LogP contribution in [-0.4, -0.2) is 46.8 Å². The number of Topliss-reactive ketones (excluding diaryl/α,β-unsaturated/α-hetero) is 1. The molecule has 0 saturated carbocycles. The minimum Gasteiger partial charge on any atom is -0.507 e. The molecule has 0 unspecified atom stereocenters. The number of aliphatic hydroxyl groups excluding tert-OH is 1. The first-order chi connectivity index (χ1) is 21.8. The zero-order valence-electron chi connectivity index (χ0n) is 24.6. The molecule has 2 aliphatic heterocycles. The van der Waals surface area contributed by atoms with Gasteiger partial charge in [0.25, 0.3) is 5.78 Å². The first-order valence-electron chi connectivity index (χ1n) is 14.4. The summed E-state index contributed by atoms with van der Waals surface area (Å²) in [7, 11) is 0. The number of nitrogens with zero attached hydrogens (tertiary/aromatic N) is 3. The third-order valence-corrected chi connectivity index (χ3v) is 9.41. The van der Waals surface area contributed by atoms with Crippen molar-refractivity contribution in [2.75, 3.05) is 24.7 Å². The van der Waals surface area contributed by atoms with Crippen molar-refractivity contribution < 1.29 is 33.3 Å². The fraction of sp³-hybridized carbons (Fsp3) is 0.273. The molecule has 1 aromatic heterocycles. The summed E-state index contributed by atoms with van der Waals surface area (Å²) in [6.45, 7) is 5.46. The van der Waals surface area contributed by atoms with E-state index in [0.29, 0.717) is 69.8 Å². The second-order valence-corrected chi connectivity index (χ2v) is 13.0. The number of amides is 1. The standard InChI is InChI=1S/C33H30FN3O6S2/c1-19(2)12-13-41-23-8-5-7-20(16-23)28-27(29(38)21-10-11-25-26(17-21)43-15-14-42-25)30(39)31(40)37(28)32-35-36-33(45-32)44-18-22-6-3-4-9-24(22)34/h3-11,16-17,19,28,38H,12-15,18H2,1-2H3/t28-/m1/s1. The highest BCUT2D eigenvalue weighted by molar-refractivity contribution is 8.00. The number of ether oxygens (including phenoxy) is 3. The van der Waals surface area contributed by atoms with E-state index in [-0.39, 0.29) is 22.3 Å². The van der Waals surface area contributed by atoms with E-state index in [0.717, 1.165) is 17.8 Å². The maximum atomic E-state index is 14.2. The lowest BCUT2D eigenvalue weighted by molar-refractivity contribution is -0.132. The van der Waals surface area contributed by atoms with Crippen molar-refractivity contribution in [1.29, 1.82) is 0 Å². The molecule has 0 radical (unpaired) electrons. The van der Waals surface area contributed by atoms with E-state index >= 15 is 0 Å². The lowest BCUT2D eigenvalue weighted by Gasteiger charge is -2.23. The van der Waals surface area contributed by atoms with Gasteiger partial charge in [-0.3, -0.25) is 14.5 Å². The highest BCUT2D eigenvalue weighted by Gasteiger charge is 2.48. The molecule has 0 spiro atoms. The quantitative estimate of drug-likeness (QED) is 0.0654. The van der Waals surface area contributed by atoms with E-state index in [9.17, 15) is 19.1 Å². The van der Waals surface area contributed by atoms with Gasteiger partial charge in [0.05, 0.1) is 18.2 Å². The molecule has 1 saturated heterocycles. The Morgan fingerprint density at radius 3 is 2.67 bits per heavy atom. The zero-order chi connectivity index (χ0) is 31.5. The van der Waals surface area contributed by atoms with Crippen LogP contribution in [0.4, 0.5) is 9.52 Å². The van der Waals surface area contributed by atoms with Gasteiger partial charge in [-0.25, -0.2) is 4.39 Å². The van der Waals surface area contributed by atoms with Crippen molar-refractivity contribution in [1.82, 2.24) is 10.2 Å². The minimum absolute atomic E-state index is 0.105. The Labute approximate surface area is 267 Å². The number of aliphatic hydroxyl groups is 1. The van der Waals surface area contributed by atoms with Gasteiger partial charge in [-0.05, 0) is 59.9 Å². The number of hydrogen-bond donors (Lipinski definition) is 1. The van der Waals surface area contributed by atoms with Crippen LogP contribution in [0.25, 0.3) is 5.76 Å².